The van der Waals surface area contributed by atoms with Crippen LogP contribution < -0.4 is 4.90 Å². The molecular formula is C16H17N3O4. The Morgan fingerprint density at radius 1 is 1.22 bits per heavy atom. The number of fused-ring (bicyclic) bond motifs is 1. The lowest BCUT2D eigenvalue weighted by Gasteiger charge is -2.40. The summed E-state index contributed by atoms with van der Waals surface area (Å²) in [4.78, 5) is 17.1. The van der Waals surface area contributed by atoms with Gasteiger partial charge in [0.05, 0.1) is 30.1 Å². The van der Waals surface area contributed by atoms with Crippen molar-refractivity contribution in [1.82, 2.24) is 4.98 Å². The largest absolute Gasteiger partial charge is 0.366 e. The molecule has 1 spiro atoms. The van der Waals surface area contributed by atoms with Crippen LogP contribution in [0.3, 0.4) is 0 Å². The first-order valence-electron chi connectivity index (χ1n) is 7.73. The third kappa shape index (κ3) is 2.42. The molecule has 0 amide bonds. The van der Waals surface area contributed by atoms with Crippen LogP contribution in [0, 0.1) is 10.1 Å². The highest BCUT2D eigenvalue weighted by atomic mass is 16.7. The maximum absolute atomic E-state index is 11.2. The second-order valence-corrected chi connectivity index (χ2v) is 5.91. The lowest BCUT2D eigenvalue weighted by Crippen LogP contribution is -2.49. The van der Waals surface area contributed by atoms with Crippen LogP contribution >= 0.6 is 0 Å². The predicted octanol–water partition coefficient (Wildman–Crippen LogP) is 2.49. The van der Waals surface area contributed by atoms with Crippen molar-refractivity contribution in [1.29, 1.82) is 0 Å². The molecule has 120 valence electrons. The minimum absolute atomic E-state index is 0.0805. The molecule has 0 saturated carbocycles. The Hall–Kier alpha value is -2.25. The fourth-order valence-electron chi connectivity index (χ4n) is 3.52. The van der Waals surface area contributed by atoms with Crippen molar-refractivity contribution in [2.45, 2.75) is 18.6 Å². The molecule has 0 N–H and O–H groups in total. The van der Waals surface area contributed by atoms with E-state index in [1.54, 1.807) is 18.5 Å². The van der Waals surface area contributed by atoms with Crippen LogP contribution in [0.4, 0.5) is 11.4 Å². The third-order valence-corrected chi connectivity index (χ3v) is 4.54. The lowest BCUT2D eigenvalue weighted by molar-refractivity contribution is -0.383. The number of ether oxygens (including phenoxy) is 2. The molecular weight excluding hydrogens is 298 g/mol. The number of non-ortho nitro benzene ring substituents is 1. The van der Waals surface area contributed by atoms with E-state index in [4.69, 9.17) is 9.47 Å². The molecule has 4 rings (SSSR count). The Bertz CT molecular complexity index is 758. The standard InChI is InChI=1S/C16H17N3O4/c20-19(21)15-3-2-14(12-4-6-17-10-13(12)15)18-7-1-5-16(11-18)22-8-9-23-16/h2-4,6,10H,1,5,7-9,11H2. The Kier molecular flexibility index (Phi) is 3.39. The zero-order valence-corrected chi connectivity index (χ0v) is 12.6. The number of nitrogens with zero attached hydrogens (tertiary/aromatic N) is 3. The monoisotopic (exact) mass is 315 g/mol. The van der Waals surface area contributed by atoms with Crippen molar-refractivity contribution in [2.75, 3.05) is 31.2 Å². The van der Waals surface area contributed by atoms with Gasteiger partial charge < -0.3 is 14.4 Å². The van der Waals surface area contributed by atoms with Crippen molar-refractivity contribution >= 4 is 22.1 Å². The molecule has 0 radical (unpaired) electrons. The van der Waals surface area contributed by atoms with Crippen molar-refractivity contribution in [2.24, 2.45) is 0 Å². The smallest absolute Gasteiger partial charge is 0.278 e. The number of hydrogen-bond acceptors (Lipinski definition) is 6. The van der Waals surface area contributed by atoms with Gasteiger partial charge in [0.1, 0.15) is 0 Å². The van der Waals surface area contributed by atoms with Crippen LogP contribution in [0.25, 0.3) is 10.8 Å². The Labute approximate surface area is 133 Å². The Morgan fingerprint density at radius 3 is 2.83 bits per heavy atom. The fourth-order valence-corrected chi connectivity index (χ4v) is 3.52. The van der Waals surface area contributed by atoms with Crippen molar-refractivity contribution in [3.05, 3.63) is 40.7 Å². The first-order chi connectivity index (χ1) is 11.2. The van der Waals surface area contributed by atoms with Crippen LogP contribution in [0.2, 0.25) is 0 Å². The molecule has 23 heavy (non-hydrogen) atoms. The number of piperidine rings is 1. The second kappa shape index (κ2) is 5.43. The van der Waals surface area contributed by atoms with Crippen LogP contribution in [-0.2, 0) is 9.47 Å². The van der Waals surface area contributed by atoms with Gasteiger partial charge in [-0.15, -0.1) is 0 Å². The molecule has 2 aliphatic heterocycles. The molecule has 7 nitrogen and oxygen atoms in total. The van der Waals surface area contributed by atoms with Gasteiger partial charge in [0.25, 0.3) is 5.69 Å². The number of rotatable bonds is 2. The summed E-state index contributed by atoms with van der Waals surface area (Å²) in [6.07, 6.45) is 5.07. The number of nitro benzene ring substituents is 1. The lowest BCUT2D eigenvalue weighted by atomic mass is 10.0. The molecule has 0 atom stereocenters. The summed E-state index contributed by atoms with van der Waals surface area (Å²) >= 11 is 0. The third-order valence-electron chi connectivity index (χ3n) is 4.54. The van der Waals surface area contributed by atoms with Crippen LogP contribution in [-0.4, -0.2) is 42.0 Å². The highest BCUT2D eigenvalue weighted by Crippen LogP contribution is 2.37. The summed E-state index contributed by atoms with van der Waals surface area (Å²) in [5, 5.41) is 12.6. The quantitative estimate of drug-likeness (QED) is 0.626. The SMILES string of the molecule is O=[N+]([O-])c1ccc(N2CCCC3(C2)OCCO3)c2ccncc12. The minimum Gasteiger partial charge on any atom is -0.366 e. The van der Waals surface area contributed by atoms with Gasteiger partial charge in [-0.2, -0.15) is 0 Å². The van der Waals surface area contributed by atoms with E-state index in [0.717, 1.165) is 30.5 Å². The maximum Gasteiger partial charge on any atom is 0.278 e. The topological polar surface area (TPSA) is 77.7 Å². The molecule has 2 saturated heterocycles. The average Bonchev–Trinajstić information content (AvgIpc) is 3.01. The molecule has 1 aromatic heterocycles. The Morgan fingerprint density at radius 2 is 2.04 bits per heavy atom. The van der Waals surface area contributed by atoms with Crippen molar-refractivity contribution in [3.8, 4) is 0 Å². The first kappa shape index (κ1) is 14.3. The summed E-state index contributed by atoms with van der Waals surface area (Å²) in [6.45, 7) is 2.77. The number of aromatic nitrogens is 1. The number of anilines is 1. The van der Waals surface area contributed by atoms with Crippen LogP contribution in [0.1, 0.15) is 12.8 Å². The molecule has 7 heteroatoms. The number of pyridine rings is 1. The van der Waals surface area contributed by atoms with E-state index in [-0.39, 0.29) is 10.6 Å². The summed E-state index contributed by atoms with van der Waals surface area (Å²) in [6, 6.07) is 5.20. The number of benzene rings is 1. The first-order valence-corrected chi connectivity index (χ1v) is 7.73. The second-order valence-electron chi connectivity index (χ2n) is 5.91. The highest BCUT2D eigenvalue weighted by Gasteiger charge is 2.41. The van der Waals surface area contributed by atoms with E-state index < -0.39 is 5.79 Å². The highest BCUT2D eigenvalue weighted by molar-refractivity contribution is 5.99. The number of hydrogen-bond donors (Lipinski definition) is 0. The van der Waals surface area contributed by atoms with Crippen molar-refractivity contribution < 1.29 is 14.4 Å². The van der Waals surface area contributed by atoms with Gasteiger partial charge in [0.15, 0.2) is 5.79 Å². The van der Waals surface area contributed by atoms with E-state index in [1.165, 1.54) is 0 Å². The molecule has 0 bridgehead atoms. The van der Waals surface area contributed by atoms with Gasteiger partial charge in [0, 0.05) is 42.5 Å². The summed E-state index contributed by atoms with van der Waals surface area (Å²) in [5.41, 5.74) is 1.04. The Balaban J connectivity index is 1.77. The number of nitro groups is 1. The molecule has 2 aromatic rings. The molecule has 1 aromatic carbocycles. The average molecular weight is 315 g/mol. The van der Waals surface area contributed by atoms with Gasteiger partial charge in [-0.25, -0.2) is 0 Å². The predicted molar refractivity (Wildman–Crippen MR) is 84.5 cm³/mol. The van der Waals surface area contributed by atoms with Gasteiger partial charge in [-0.05, 0) is 18.6 Å². The van der Waals surface area contributed by atoms with E-state index >= 15 is 0 Å². The van der Waals surface area contributed by atoms with E-state index in [9.17, 15) is 10.1 Å². The van der Waals surface area contributed by atoms with Gasteiger partial charge in [-0.3, -0.25) is 15.1 Å². The zero-order chi connectivity index (χ0) is 15.9. The molecule has 0 aliphatic carbocycles. The van der Waals surface area contributed by atoms with E-state index in [1.807, 2.05) is 12.1 Å². The molecule has 2 aliphatic rings. The molecule has 2 fully saturated rings. The van der Waals surface area contributed by atoms with Crippen molar-refractivity contribution in [3.63, 3.8) is 0 Å². The molecule has 3 heterocycles. The maximum atomic E-state index is 11.2. The van der Waals surface area contributed by atoms with E-state index in [2.05, 4.69) is 9.88 Å². The normalized spacial score (nSPS) is 20.3. The zero-order valence-electron chi connectivity index (χ0n) is 12.6. The van der Waals surface area contributed by atoms with Gasteiger partial charge in [-0.1, -0.05) is 0 Å². The van der Waals surface area contributed by atoms with Gasteiger partial charge >= 0.3 is 0 Å². The van der Waals surface area contributed by atoms with E-state index in [0.29, 0.717) is 25.1 Å². The van der Waals surface area contributed by atoms with Crippen LogP contribution in [0.15, 0.2) is 30.6 Å². The van der Waals surface area contributed by atoms with Gasteiger partial charge in [0.2, 0.25) is 0 Å². The summed E-state index contributed by atoms with van der Waals surface area (Å²) in [5.74, 6) is -0.528. The van der Waals surface area contributed by atoms with Crippen LogP contribution in [0.5, 0.6) is 0 Å². The minimum atomic E-state index is -0.528. The molecule has 0 unspecified atom stereocenters. The summed E-state index contributed by atoms with van der Waals surface area (Å²) in [7, 11) is 0. The fraction of sp³-hybridized carbons (Fsp3) is 0.438. The summed E-state index contributed by atoms with van der Waals surface area (Å²) < 4.78 is 11.6.